The molecule has 8 heteroatoms. The third-order valence-corrected chi connectivity index (χ3v) is 2.86. The van der Waals surface area contributed by atoms with Gasteiger partial charge in [0.15, 0.2) is 0 Å². The Bertz CT molecular complexity index is 809. The second kappa shape index (κ2) is 6.82. The zero-order valence-electron chi connectivity index (χ0n) is 12.6. The Morgan fingerprint density at radius 2 is 1.87 bits per heavy atom. The molecule has 0 unspecified atom stereocenters. The van der Waals surface area contributed by atoms with Crippen molar-refractivity contribution in [1.82, 2.24) is 0 Å². The largest absolute Gasteiger partial charge is 0.513 e. The fourth-order valence-electron chi connectivity index (χ4n) is 1.93. The third-order valence-electron chi connectivity index (χ3n) is 2.86. The van der Waals surface area contributed by atoms with Crippen LogP contribution in [-0.4, -0.2) is 25.3 Å². The minimum Gasteiger partial charge on any atom is -0.462 e. The maximum Gasteiger partial charge on any atom is 0.513 e. The summed E-state index contributed by atoms with van der Waals surface area (Å²) in [4.78, 5) is 35.1. The number of ether oxygens (including phenoxy) is 3. The quantitative estimate of drug-likeness (QED) is 0.516. The molecule has 2 rings (SSSR count). The maximum atomic E-state index is 12.1. The van der Waals surface area contributed by atoms with E-state index in [1.807, 2.05) is 0 Å². The molecule has 0 bridgehead atoms. The second-order valence-electron chi connectivity index (χ2n) is 4.34. The Morgan fingerprint density at radius 1 is 1.17 bits per heavy atom. The van der Waals surface area contributed by atoms with Crippen molar-refractivity contribution in [3.8, 4) is 5.75 Å². The monoisotopic (exact) mass is 321 g/mol. The van der Waals surface area contributed by atoms with E-state index < -0.39 is 17.8 Å². The van der Waals surface area contributed by atoms with Gasteiger partial charge >= 0.3 is 17.8 Å². The fraction of sp³-hybridized carbons (Fsp3) is 0.267. The van der Waals surface area contributed by atoms with Crippen molar-refractivity contribution in [1.29, 1.82) is 0 Å². The lowest BCUT2D eigenvalue weighted by Gasteiger charge is -2.09. The van der Waals surface area contributed by atoms with Crippen LogP contribution in [-0.2, 0) is 9.47 Å². The number of fused-ring (bicyclic) bond motifs is 1. The molecule has 0 aliphatic carbocycles. The lowest BCUT2D eigenvalue weighted by atomic mass is 10.1. The molecule has 122 valence electrons. The number of carbonyl (C=O) groups excluding carboxylic acids is 2. The van der Waals surface area contributed by atoms with Gasteiger partial charge in [-0.3, -0.25) is 0 Å². The molecule has 0 spiro atoms. The molecule has 8 nitrogen and oxygen atoms in total. The minimum atomic E-state index is -0.894. The molecular weight excluding hydrogens is 306 g/mol. The number of hydrogen-bond acceptors (Lipinski definition) is 8. The Morgan fingerprint density at radius 3 is 2.52 bits per heavy atom. The molecule has 0 fully saturated rings. The summed E-state index contributed by atoms with van der Waals surface area (Å²) in [5.74, 6) is -0.661. The summed E-state index contributed by atoms with van der Waals surface area (Å²) in [6.07, 6.45) is -0.894. The number of nitrogen functional groups attached to an aromatic ring is 1. The van der Waals surface area contributed by atoms with Crippen LogP contribution in [0.3, 0.4) is 0 Å². The third kappa shape index (κ3) is 3.42. The average Bonchev–Trinajstić information content (AvgIpc) is 2.49. The van der Waals surface area contributed by atoms with Crippen molar-refractivity contribution < 1.29 is 28.2 Å². The van der Waals surface area contributed by atoms with Crippen molar-refractivity contribution >= 4 is 28.8 Å². The van der Waals surface area contributed by atoms with Crippen molar-refractivity contribution in [3.63, 3.8) is 0 Å². The normalized spacial score (nSPS) is 10.3. The topological polar surface area (TPSA) is 118 Å². The predicted molar refractivity (Wildman–Crippen MR) is 80.5 cm³/mol. The van der Waals surface area contributed by atoms with E-state index in [9.17, 15) is 14.4 Å². The van der Waals surface area contributed by atoms with E-state index in [4.69, 9.17) is 19.6 Å². The van der Waals surface area contributed by atoms with Crippen LogP contribution in [0.1, 0.15) is 24.2 Å². The van der Waals surface area contributed by atoms with Gasteiger partial charge < -0.3 is 24.4 Å². The highest BCUT2D eigenvalue weighted by atomic mass is 16.7. The molecule has 2 aromatic rings. The van der Waals surface area contributed by atoms with Crippen LogP contribution in [0.25, 0.3) is 11.0 Å². The standard InChI is InChI=1S/C15H15NO7/c1-3-20-13(17)11-9-7-8(22-15(19)21-4-2)5-6-10(9)23-14(18)12(11)16/h5-7H,3-4,16H2,1-2H3. The maximum absolute atomic E-state index is 12.1. The summed E-state index contributed by atoms with van der Waals surface area (Å²) in [7, 11) is 0. The van der Waals surface area contributed by atoms with Gasteiger partial charge in [-0.2, -0.15) is 0 Å². The fourth-order valence-corrected chi connectivity index (χ4v) is 1.93. The lowest BCUT2D eigenvalue weighted by Crippen LogP contribution is -2.16. The first-order valence-corrected chi connectivity index (χ1v) is 6.86. The van der Waals surface area contributed by atoms with Crippen molar-refractivity contribution in [2.45, 2.75) is 13.8 Å². The molecule has 0 aliphatic heterocycles. The first-order chi connectivity index (χ1) is 11.0. The van der Waals surface area contributed by atoms with E-state index in [1.54, 1.807) is 13.8 Å². The van der Waals surface area contributed by atoms with Crippen LogP contribution in [0.5, 0.6) is 5.75 Å². The van der Waals surface area contributed by atoms with Crippen LogP contribution in [0.4, 0.5) is 10.5 Å². The van der Waals surface area contributed by atoms with E-state index in [0.29, 0.717) is 0 Å². The number of esters is 1. The summed E-state index contributed by atoms with van der Waals surface area (Å²) in [5, 5.41) is 0.197. The molecule has 0 aliphatic rings. The number of benzene rings is 1. The summed E-state index contributed by atoms with van der Waals surface area (Å²) >= 11 is 0. The minimum absolute atomic E-state index is 0.106. The molecule has 0 atom stereocenters. The van der Waals surface area contributed by atoms with E-state index in [0.717, 1.165) is 0 Å². The van der Waals surface area contributed by atoms with Gasteiger partial charge in [-0.25, -0.2) is 14.4 Å². The number of rotatable bonds is 4. The number of anilines is 1. The first-order valence-electron chi connectivity index (χ1n) is 6.86. The molecule has 1 aromatic carbocycles. The van der Waals surface area contributed by atoms with Gasteiger partial charge in [-0.05, 0) is 32.0 Å². The molecular formula is C15H15NO7. The highest BCUT2D eigenvalue weighted by Crippen LogP contribution is 2.27. The van der Waals surface area contributed by atoms with Gasteiger partial charge in [0.1, 0.15) is 22.6 Å². The van der Waals surface area contributed by atoms with Gasteiger partial charge in [-0.1, -0.05) is 0 Å². The molecule has 0 saturated carbocycles. The Balaban J connectivity index is 2.57. The van der Waals surface area contributed by atoms with Gasteiger partial charge in [-0.15, -0.1) is 0 Å². The van der Waals surface area contributed by atoms with Gasteiger partial charge in [0.25, 0.3) is 0 Å². The van der Waals surface area contributed by atoms with E-state index in [-0.39, 0.29) is 41.2 Å². The lowest BCUT2D eigenvalue weighted by molar-refractivity contribution is 0.0529. The number of carbonyl (C=O) groups is 2. The van der Waals surface area contributed by atoms with E-state index >= 15 is 0 Å². The summed E-state index contributed by atoms with van der Waals surface area (Å²) < 4.78 is 19.5. The van der Waals surface area contributed by atoms with Crippen LogP contribution in [0.2, 0.25) is 0 Å². The predicted octanol–water partition coefficient (Wildman–Crippen LogP) is 2.09. The molecule has 23 heavy (non-hydrogen) atoms. The van der Waals surface area contributed by atoms with Crippen LogP contribution >= 0.6 is 0 Å². The van der Waals surface area contributed by atoms with Crippen LogP contribution < -0.4 is 16.1 Å². The number of hydrogen-bond donors (Lipinski definition) is 1. The number of nitrogens with two attached hydrogens (primary N) is 1. The molecule has 0 saturated heterocycles. The van der Waals surface area contributed by atoms with E-state index in [1.165, 1.54) is 18.2 Å². The van der Waals surface area contributed by atoms with E-state index in [2.05, 4.69) is 4.74 Å². The average molecular weight is 321 g/mol. The van der Waals surface area contributed by atoms with Crippen molar-refractivity contribution in [3.05, 3.63) is 34.2 Å². The Kier molecular flexibility index (Phi) is 4.85. The Hall–Kier alpha value is -3.03. The Labute approximate surface area is 130 Å². The highest BCUT2D eigenvalue weighted by molar-refractivity contribution is 6.07. The van der Waals surface area contributed by atoms with Crippen LogP contribution in [0, 0.1) is 0 Å². The van der Waals surface area contributed by atoms with Gasteiger partial charge in [0.05, 0.1) is 13.2 Å². The second-order valence-corrected chi connectivity index (χ2v) is 4.34. The van der Waals surface area contributed by atoms with Gasteiger partial charge in [0.2, 0.25) is 0 Å². The zero-order chi connectivity index (χ0) is 17.0. The smallest absolute Gasteiger partial charge is 0.462 e. The van der Waals surface area contributed by atoms with Crippen molar-refractivity contribution in [2.24, 2.45) is 0 Å². The van der Waals surface area contributed by atoms with Crippen molar-refractivity contribution in [2.75, 3.05) is 18.9 Å². The summed E-state index contributed by atoms with van der Waals surface area (Å²) in [6.45, 7) is 3.52. The SMILES string of the molecule is CCOC(=O)Oc1ccc2oc(=O)c(N)c(C(=O)OCC)c2c1. The first kappa shape index (κ1) is 16.3. The molecule has 0 amide bonds. The summed E-state index contributed by atoms with van der Waals surface area (Å²) in [5.41, 5.74) is 4.40. The summed E-state index contributed by atoms with van der Waals surface area (Å²) in [6, 6.07) is 4.12. The van der Waals surface area contributed by atoms with Gasteiger partial charge in [0, 0.05) is 5.39 Å². The molecule has 1 heterocycles. The molecule has 2 N–H and O–H groups in total. The highest BCUT2D eigenvalue weighted by Gasteiger charge is 2.21. The molecule has 0 radical (unpaired) electrons. The zero-order valence-corrected chi connectivity index (χ0v) is 12.6. The van der Waals surface area contributed by atoms with Crippen LogP contribution in [0.15, 0.2) is 27.4 Å². The molecule has 1 aromatic heterocycles.